The van der Waals surface area contributed by atoms with Crippen molar-refractivity contribution >= 4 is 22.6 Å². The van der Waals surface area contributed by atoms with Crippen molar-refractivity contribution in [1.29, 1.82) is 0 Å². The van der Waals surface area contributed by atoms with Crippen molar-refractivity contribution in [2.75, 3.05) is 45.1 Å². The van der Waals surface area contributed by atoms with Crippen LogP contribution in [0, 0.1) is 12.8 Å². The number of anilines is 1. The molecule has 0 atom stereocenters. The second kappa shape index (κ2) is 10.5. The highest BCUT2D eigenvalue weighted by molar-refractivity contribution is 5.82. The van der Waals surface area contributed by atoms with E-state index in [4.69, 9.17) is 5.10 Å². The Morgan fingerprint density at radius 2 is 1.82 bits per heavy atom. The summed E-state index contributed by atoms with van der Waals surface area (Å²) in [6, 6.07) is 6.01. The molecule has 1 saturated carbocycles. The molecule has 0 amide bonds. The number of likely N-dealkylation sites (N-methyl/N-ethyl adjacent to an activating group) is 1. The van der Waals surface area contributed by atoms with Crippen molar-refractivity contribution < 1.29 is 8.78 Å². The highest BCUT2D eigenvalue weighted by Gasteiger charge is 2.25. The van der Waals surface area contributed by atoms with Gasteiger partial charge >= 0.3 is 0 Å². The zero-order chi connectivity index (χ0) is 26.2. The topological polar surface area (TPSA) is 79.4 Å². The maximum Gasteiger partial charge on any atom is 0.256 e. The molecule has 0 unspecified atom stereocenters. The third-order valence-electron chi connectivity index (χ3n) is 8.09. The number of halogens is 2. The molecule has 4 aromatic heterocycles. The summed E-state index contributed by atoms with van der Waals surface area (Å²) in [5.41, 5.74) is 3.41. The Morgan fingerprint density at radius 1 is 1.03 bits per heavy atom. The van der Waals surface area contributed by atoms with Crippen LogP contribution < -0.4 is 5.32 Å². The van der Waals surface area contributed by atoms with E-state index >= 15 is 0 Å². The number of nitrogens with zero attached hydrogens (tertiary/aromatic N) is 8. The lowest BCUT2D eigenvalue weighted by molar-refractivity contribution is 0.124. The summed E-state index contributed by atoms with van der Waals surface area (Å²) in [6.07, 6.45) is 5.94. The van der Waals surface area contributed by atoms with E-state index in [1.807, 2.05) is 24.4 Å². The Labute approximate surface area is 220 Å². The van der Waals surface area contributed by atoms with Gasteiger partial charge in [-0.2, -0.15) is 0 Å². The Morgan fingerprint density at radius 3 is 2.58 bits per heavy atom. The van der Waals surface area contributed by atoms with Gasteiger partial charge in [0.15, 0.2) is 5.65 Å². The molecule has 2 fully saturated rings. The van der Waals surface area contributed by atoms with Crippen LogP contribution in [0.4, 0.5) is 14.7 Å². The van der Waals surface area contributed by atoms with Crippen molar-refractivity contribution in [2.45, 2.75) is 51.6 Å². The van der Waals surface area contributed by atoms with Crippen molar-refractivity contribution in [1.82, 2.24) is 38.9 Å². The molecule has 5 heterocycles. The zero-order valence-corrected chi connectivity index (χ0v) is 22.0. The van der Waals surface area contributed by atoms with Crippen molar-refractivity contribution in [3.8, 4) is 11.3 Å². The number of pyridine rings is 1. The van der Waals surface area contributed by atoms with Crippen molar-refractivity contribution in [2.24, 2.45) is 5.92 Å². The summed E-state index contributed by atoms with van der Waals surface area (Å²) in [5.74, 6) is 1.92. The summed E-state index contributed by atoms with van der Waals surface area (Å²) in [4.78, 5) is 18.7. The average Bonchev–Trinajstić information content (AvgIpc) is 3.46. The van der Waals surface area contributed by atoms with Gasteiger partial charge < -0.3 is 19.7 Å². The molecule has 11 heteroatoms. The predicted octanol–water partition coefficient (Wildman–Crippen LogP) is 3.93. The number of hydrogen-bond acceptors (Lipinski definition) is 7. The van der Waals surface area contributed by atoms with Crippen LogP contribution in [-0.2, 0) is 6.54 Å². The lowest BCUT2D eigenvalue weighted by Gasteiger charge is -2.37. The minimum atomic E-state index is -2.47. The van der Waals surface area contributed by atoms with Crippen LogP contribution in [0.1, 0.15) is 31.5 Å². The molecule has 2 aliphatic rings. The normalized spacial score (nSPS) is 21.6. The molecule has 0 spiro atoms. The fourth-order valence-corrected chi connectivity index (χ4v) is 5.87. The fourth-order valence-electron chi connectivity index (χ4n) is 5.87. The molecule has 1 N–H and O–H groups in total. The fraction of sp³-hybridized carbons (Fsp3) is 0.556. The maximum absolute atomic E-state index is 13.1. The number of aromatic nitrogens is 6. The lowest BCUT2D eigenvalue weighted by atomic mass is 9.85. The van der Waals surface area contributed by atoms with E-state index in [0.717, 1.165) is 29.8 Å². The number of alkyl halides is 2. The highest BCUT2D eigenvalue weighted by atomic mass is 19.3. The highest BCUT2D eigenvalue weighted by Crippen LogP contribution is 2.29. The Balaban J connectivity index is 1.12. The van der Waals surface area contributed by atoms with Gasteiger partial charge in [0.25, 0.3) is 6.43 Å². The van der Waals surface area contributed by atoms with Gasteiger partial charge in [-0.25, -0.2) is 28.2 Å². The minimum Gasteiger partial charge on any atom is -0.350 e. The quantitative estimate of drug-likeness (QED) is 0.393. The van der Waals surface area contributed by atoms with Gasteiger partial charge in [0.05, 0.1) is 24.0 Å². The number of aryl methyl sites for hydroxylation is 1. The summed E-state index contributed by atoms with van der Waals surface area (Å²) < 4.78 is 29.5. The van der Waals surface area contributed by atoms with Gasteiger partial charge in [-0.05, 0) is 63.8 Å². The molecule has 0 radical (unpaired) electrons. The summed E-state index contributed by atoms with van der Waals surface area (Å²) in [5, 5.41) is 8.24. The molecule has 6 rings (SSSR count). The number of piperazine rings is 1. The lowest BCUT2D eigenvalue weighted by Crippen LogP contribution is -2.46. The summed E-state index contributed by atoms with van der Waals surface area (Å²) in [6.45, 7) is 7.23. The van der Waals surface area contributed by atoms with Crippen LogP contribution in [0.25, 0.3) is 27.9 Å². The summed E-state index contributed by atoms with van der Waals surface area (Å²) >= 11 is 0. The number of hydrogen-bond donors (Lipinski definition) is 1. The predicted molar refractivity (Wildman–Crippen MR) is 144 cm³/mol. The Kier molecular flexibility index (Phi) is 6.96. The molecular formula is C27H35F2N9. The number of imidazole rings is 1. The van der Waals surface area contributed by atoms with Crippen molar-refractivity contribution in [3.63, 3.8) is 0 Å². The zero-order valence-electron chi connectivity index (χ0n) is 22.0. The monoisotopic (exact) mass is 523 g/mol. The van der Waals surface area contributed by atoms with E-state index in [-0.39, 0.29) is 0 Å². The van der Waals surface area contributed by atoms with E-state index in [1.54, 1.807) is 17.6 Å². The van der Waals surface area contributed by atoms with Gasteiger partial charge in [0, 0.05) is 50.5 Å². The second-order valence-electron chi connectivity index (χ2n) is 10.8. The van der Waals surface area contributed by atoms with Crippen LogP contribution in [-0.4, -0.2) is 91.2 Å². The van der Waals surface area contributed by atoms with Gasteiger partial charge in [-0.1, -0.05) is 0 Å². The maximum atomic E-state index is 13.1. The average molecular weight is 524 g/mol. The first kappa shape index (κ1) is 25.1. The van der Waals surface area contributed by atoms with Crippen LogP contribution in [0.15, 0.2) is 30.6 Å². The summed E-state index contributed by atoms with van der Waals surface area (Å²) in [7, 11) is 2.20. The standard InChI is InChI=1S/C27H35F2N9/c1-18-31-23-8-7-22(33-26(23)37(18)17-25(28)29)21-9-10-38-24(21)15-30-27(34-38)32-20-5-3-19(4-6-20)16-36-13-11-35(2)12-14-36/h7-10,15,19-20,25H,3-6,11-14,16-17H2,1-2H3,(H,32,34)/t19-,20+. The first-order chi connectivity index (χ1) is 18.4. The molecule has 4 aromatic rings. The SMILES string of the molecule is Cc1nc2ccc(-c3ccn4nc(N[C@H]5CC[C@@H](CN6CCN(C)CC6)CC5)ncc34)nc2n1CC(F)F. The van der Waals surface area contributed by atoms with Gasteiger partial charge in [0.2, 0.25) is 5.95 Å². The van der Waals surface area contributed by atoms with Crippen LogP contribution in [0.2, 0.25) is 0 Å². The molecular weight excluding hydrogens is 488 g/mol. The smallest absolute Gasteiger partial charge is 0.256 e. The van der Waals surface area contributed by atoms with Crippen LogP contribution in [0.3, 0.4) is 0 Å². The van der Waals surface area contributed by atoms with Gasteiger partial charge in [-0.3, -0.25) is 0 Å². The van der Waals surface area contributed by atoms with E-state index < -0.39 is 13.0 Å². The van der Waals surface area contributed by atoms with Gasteiger partial charge in [-0.15, -0.1) is 5.10 Å². The number of nitrogens with one attached hydrogen (secondary N) is 1. The molecule has 0 bridgehead atoms. The van der Waals surface area contributed by atoms with Crippen molar-refractivity contribution in [3.05, 3.63) is 36.4 Å². The molecule has 1 aliphatic heterocycles. The third-order valence-corrected chi connectivity index (χ3v) is 8.09. The van der Waals surface area contributed by atoms with E-state index in [2.05, 4.69) is 37.1 Å². The molecule has 0 aromatic carbocycles. The number of fused-ring (bicyclic) bond motifs is 2. The largest absolute Gasteiger partial charge is 0.350 e. The first-order valence-electron chi connectivity index (χ1n) is 13.6. The number of rotatable bonds is 7. The Bertz CT molecular complexity index is 1400. The Hall–Kier alpha value is -3.18. The van der Waals surface area contributed by atoms with E-state index in [9.17, 15) is 8.78 Å². The van der Waals surface area contributed by atoms with E-state index in [1.165, 1.54) is 50.1 Å². The molecule has 1 aliphatic carbocycles. The molecule has 38 heavy (non-hydrogen) atoms. The van der Waals surface area contributed by atoms with Crippen LogP contribution in [0.5, 0.6) is 0 Å². The molecule has 9 nitrogen and oxygen atoms in total. The van der Waals surface area contributed by atoms with Gasteiger partial charge in [0.1, 0.15) is 11.3 Å². The second-order valence-corrected chi connectivity index (χ2v) is 10.8. The molecule has 202 valence electrons. The van der Waals surface area contributed by atoms with E-state index in [0.29, 0.717) is 34.7 Å². The first-order valence-corrected chi connectivity index (χ1v) is 13.6. The minimum absolute atomic E-state index is 0.383. The molecule has 1 saturated heterocycles. The van der Waals surface area contributed by atoms with Crippen LogP contribution >= 0.6 is 0 Å². The third kappa shape index (κ3) is 5.22.